The van der Waals surface area contributed by atoms with Gasteiger partial charge in [-0.05, 0) is 31.0 Å². The van der Waals surface area contributed by atoms with Gasteiger partial charge in [-0.2, -0.15) is 4.31 Å². The molecule has 0 bridgehead atoms. The van der Waals surface area contributed by atoms with Gasteiger partial charge < -0.3 is 14.6 Å². The highest BCUT2D eigenvalue weighted by molar-refractivity contribution is 7.89. The second-order valence-electron chi connectivity index (χ2n) is 6.55. The average molecular weight is 427 g/mol. The van der Waals surface area contributed by atoms with Gasteiger partial charge in [-0.25, -0.2) is 22.0 Å². The molecule has 1 aliphatic heterocycles. The highest BCUT2D eigenvalue weighted by Crippen LogP contribution is 2.28. The molecule has 0 aliphatic carbocycles. The number of amides is 1. The van der Waals surface area contributed by atoms with Crippen molar-refractivity contribution in [1.29, 1.82) is 0 Å². The third-order valence-corrected chi connectivity index (χ3v) is 6.55. The molecule has 2 heterocycles. The molecule has 8 nitrogen and oxygen atoms in total. The SMILES string of the molecule is COC(=O)c1cc(S(=O)(=O)N2CCC[C@@H]2C(=O)Nc2ccc(F)cc2F)cn1C. The van der Waals surface area contributed by atoms with E-state index in [0.717, 1.165) is 16.4 Å². The van der Waals surface area contributed by atoms with Crippen LogP contribution in [0.25, 0.3) is 0 Å². The maximum absolute atomic E-state index is 13.8. The topological polar surface area (TPSA) is 97.7 Å². The van der Waals surface area contributed by atoms with Gasteiger partial charge in [0.05, 0.1) is 12.8 Å². The Labute approximate surface area is 166 Å². The molecule has 1 aliphatic rings. The molecule has 1 saturated heterocycles. The summed E-state index contributed by atoms with van der Waals surface area (Å²) >= 11 is 0. The largest absolute Gasteiger partial charge is 0.464 e. The van der Waals surface area contributed by atoms with Gasteiger partial charge in [0.15, 0.2) is 0 Å². The zero-order valence-electron chi connectivity index (χ0n) is 15.7. The quantitative estimate of drug-likeness (QED) is 0.735. The van der Waals surface area contributed by atoms with Gasteiger partial charge >= 0.3 is 5.97 Å². The van der Waals surface area contributed by atoms with Crippen LogP contribution in [0.1, 0.15) is 23.3 Å². The van der Waals surface area contributed by atoms with E-state index in [1.165, 1.54) is 31.0 Å². The van der Waals surface area contributed by atoms with Crippen molar-refractivity contribution in [2.24, 2.45) is 7.05 Å². The summed E-state index contributed by atoms with van der Waals surface area (Å²) in [6.45, 7) is 0.0920. The van der Waals surface area contributed by atoms with Gasteiger partial charge in [0.1, 0.15) is 28.3 Å². The van der Waals surface area contributed by atoms with Crippen molar-refractivity contribution in [3.63, 3.8) is 0 Å². The number of aromatic nitrogens is 1. The Bertz CT molecular complexity index is 1070. The first-order valence-corrected chi connectivity index (χ1v) is 10.1. The highest BCUT2D eigenvalue weighted by atomic mass is 32.2. The molecule has 0 saturated carbocycles. The number of methoxy groups -OCH3 is 1. The minimum absolute atomic E-state index is 0.0413. The molecule has 29 heavy (non-hydrogen) atoms. The molecule has 1 fully saturated rings. The number of benzene rings is 1. The van der Waals surface area contributed by atoms with Crippen LogP contribution >= 0.6 is 0 Å². The van der Waals surface area contributed by atoms with Crippen LogP contribution in [0.4, 0.5) is 14.5 Å². The zero-order chi connectivity index (χ0) is 21.3. The van der Waals surface area contributed by atoms with E-state index in [1.54, 1.807) is 0 Å². The number of rotatable bonds is 5. The number of ether oxygens (including phenoxy) is 1. The molecular weight excluding hydrogens is 408 g/mol. The Morgan fingerprint density at radius 2 is 1.97 bits per heavy atom. The van der Waals surface area contributed by atoms with Gasteiger partial charge in [0.25, 0.3) is 0 Å². The molecule has 156 valence electrons. The Balaban J connectivity index is 1.85. The number of anilines is 1. The third kappa shape index (κ3) is 4.01. The van der Waals surface area contributed by atoms with Gasteiger partial charge in [0.2, 0.25) is 15.9 Å². The van der Waals surface area contributed by atoms with Crippen molar-refractivity contribution < 1.29 is 31.5 Å². The summed E-state index contributed by atoms with van der Waals surface area (Å²) in [5.74, 6) is -3.18. The van der Waals surface area contributed by atoms with Gasteiger partial charge in [0, 0.05) is 25.9 Å². The number of hydrogen-bond acceptors (Lipinski definition) is 5. The van der Waals surface area contributed by atoms with Crippen LogP contribution in [0.15, 0.2) is 35.4 Å². The second kappa shape index (κ2) is 7.91. The molecule has 1 N–H and O–H groups in total. The van der Waals surface area contributed by atoms with Crippen LogP contribution < -0.4 is 5.32 Å². The normalized spacial score (nSPS) is 17.3. The Morgan fingerprint density at radius 1 is 1.24 bits per heavy atom. The molecule has 0 spiro atoms. The number of nitrogens with one attached hydrogen (secondary N) is 1. The fraction of sp³-hybridized carbons (Fsp3) is 0.333. The van der Waals surface area contributed by atoms with Crippen LogP contribution in [0.3, 0.4) is 0 Å². The number of sulfonamides is 1. The molecule has 0 unspecified atom stereocenters. The van der Waals surface area contributed by atoms with Crippen molar-refractivity contribution in [2.45, 2.75) is 23.8 Å². The van der Waals surface area contributed by atoms with Crippen LogP contribution in [0.2, 0.25) is 0 Å². The zero-order valence-corrected chi connectivity index (χ0v) is 16.5. The average Bonchev–Trinajstić information content (AvgIpc) is 3.31. The van der Waals surface area contributed by atoms with Crippen LogP contribution in [-0.4, -0.2) is 48.9 Å². The van der Waals surface area contributed by atoms with E-state index in [0.29, 0.717) is 12.5 Å². The lowest BCUT2D eigenvalue weighted by Crippen LogP contribution is -2.43. The standard InChI is InChI=1S/C18H19F2N3O5S/c1-22-10-12(9-16(22)18(25)28-2)29(26,27)23-7-3-4-15(23)17(24)21-14-6-5-11(19)8-13(14)20/h5-6,8-10,15H,3-4,7H2,1-2H3,(H,21,24)/t15-/m1/s1. The summed E-state index contributed by atoms with van der Waals surface area (Å²) < 4.78 is 59.9. The lowest BCUT2D eigenvalue weighted by Gasteiger charge is -2.23. The first-order valence-electron chi connectivity index (χ1n) is 8.67. The van der Waals surface area contributed by atoms with Crippen LogP contribution in [-0.2, 0) is 26.6 Å². The Morgan fingerprint density at radius 3 is 2.62 bits per heavy atom. The molecular formula is C18H19F2N3O5S. The fourth-order valence-corrected chi connectivity index (χ4v) is 4.94. The number of carbonyl (C=O) groups is 2. The lowest BCUT2D eigenvalue weighted by atomic mass is 10.2. The number of nitrogens with zero attached hydrogens (tertiary/aromatic N) is 2. The fourth-order valence-electron chi connectivity index (χ4n) is 3.21. The van der Waals surface area contributed by atoms with Crippen LogP contribution in [0.5, 0.6) is 0 Å². The lowest BCUT2D eigenvalue weighted by molar-refractivity contribution is -0.119. The second-order valence-corrected chi connectivity index (χ2v) is 8.44. The summed E-state index contributed by atoms with van der Waals surface area (Å²) in [5.41, 5.74) is -0.201. The van der Waals surface area contributed by atoms with E-state index in [4.69, 9.17) is 0 Å². The third-order valence-electron chi connectivity index (χ3n) is 4.68. The maximum atomic E-state index is 13.8. The predicted octanol–water partition coefficient (Wildman–Crippen LogP) is 1.88. The van der Waals surface area contributed by atoms with E-state index in [1.807, 2.05) is 0 Å². The van der Waals surface area contributed by atoms with Crippen molar-refractivity contribution in [2.75, 3.05) is 19.0 Å². The van der Waals surface area contributed by atoms with Crippen molar-refractivity contribution in [3.8, 4) is 0 Å². The van der Waals surface area contributed by atoms with Gasteiger partial charge in [-0.1, -0.05) is 0 Å². The van der Waals surface area contributed by atoms with E-state index in [2.05, 4.69) is 10.1 Å². The molecule has 1 atom stereocenters. The summed E-state index contributed by atoms with van der Waals surface area (Å²) in [5, 5.41) is 2.31. The van der Waals surface area contributed by atoms with E-state index in [9.17, 15) is 26.8 Å². The van der Waals surface area contributed by atoms with Crippen molar-refractivity contribution in [1.82, 2.24) is 8.87 Å². The molecule has 0 radical (unpaired) electrons. The number of hydrogen-bond donors (Lipinski definition) is 1. The molecule has 1 aromatic heterocycles. The van der Waals surface area contributed by atoms with Crippen molar-refractivity contribution in [3.05, 3.63) is 47.8 Å². The van der Waals surface area contributed by atoms with E-state index in [-0.39, 0.29) is 29.2 Å². The summed E-state index contributed by atoms with van der Waals surface area (Å²) in [6, 6.07) is 2.79. The number of carbonyl (C=O) groups excluding carboxylic acids is 2. The minimum atomic E-state index is -4.10. The van der Waals surface area contributed by atoms with E-state index < -0.39 is 39.6 Å². The van der Waals surface area contributed by atoms with Crippen molar-refractivity contribution >= 4 is 27.6 Å². The molecule has 1 aromatic carbocycles. The Hall–Kier alpha value is -2.79. The number of halogens is 2. The predicted molar refractivity (Wildman–Crippen MR) is 98.7 cm³/mol. The number of esters is 1. The smallest absolute Gasteiger partial charge is 0.354 e. The van der Waals surface area contributed by atoms with Gasteiger partial charge in [-0.15, -0.1) is 0 Å². The first kappa shape index (κ1) is 20.9. The molecule has 3 rings (SSSR count). The number of aryl methyl sites for hydroxylation is 1. The summed E-state index contributed by atoms with van der Waals surface area (Å²) in [7, 11) is -1.42. The first-order chi connectivity index (χ1) is 13.6. The molecule has 11 heteroatoms. The van der Waals surface area contributed by atoms with Crippen LogP contribution in [0, 0.1) is 11.6 Å². The summed E-state index contributed by atoms with van der Waals surface area (Å²) in [4.78, 5) is 24.2. The molecule has 2 aromatic rings. The maximum Gasteiger partial charge on any atom is 0.354 e. The van der Waals surface area contributed by atoms with Gasteiger partial charge in [-0.3, -0.25) is 4.79 Å². The monoisotopic (exact) mass is 427 g/mol. The van der Waals surface area contributed by atoms with E-state index >= 15 is 0 Å². The summed E-state index contributed by atoms with van der Waals surface area (Å²) in [6.07, 6.45) is 1.93. The minimum Gasteiger partial charge on any atom is -0.464 e. The highest BCUT2D eigenvalue weighted by Gasteiger charge is 2.40. The Kier molecular flexibility index (Phi) is 5.71. The molecule has 1 amide bonds.